The molecule has 0 bridgehead atoms. The number of carbonyl (C=O) groups excluding carboxylic acids is 2. The molecule has 1 aliphatic rings. The van der Waals surface area contributed by atoms with Crippen molar-refractivity contribution < 1.29 is 24.6 Å². The van der Waals surface area contributed by atoms with E-state index in [2.05, 4.69) is 0 Å². The van der Waals surface area contributed by atoms with Gasteiger partial charge in [-0.25, -0.2) is 4.79 Å². The van der Waals surface area contributed by atoms with Gasteiger partial charge in [0, 0.05) is 12.6 Å². The minimum absolute atomic E-state index is 0.0795. The Morgan fingerprint density at radius 1 is 1.24 bits per heavy atom. The van der Waals surface area contributed by atoms with E-state index in [1.807, 2.05) is 0 Å². The Bertz CT molecular complexity index is 648. The largest absolute Gasteiger partial charge is 0.508 e. The molecule has 1 aromatic carbocycles. The van der Waals surface area contributed by atoms with E-state index < -0.39 is 17.1 Å². The van der Waals surface area contributed by atoms with Gasteiger partial charge >= 0.3 is 5.97 Å². The van der Waals surface area contributed by atoms with Gasteiger partial charge in [-0.2, -0.15) is 0 Å². The first-order valence-electron chi connectivity index (χ1n) is 5.91. The summed E-state index contributed by atoms with van der Waals surface area (Å²) in [6.07, 6.45) is 3.67. The van der Waals surface area contributed by atoms with Gasteiger partial charge in [0.15, 0.2) is 0 Å². The molecule has 2 N–H and O–H groups in total. The number of thioether (sulfide) groups is 1. The van der Waals surface area contributed by atoms with Crippen molar-refractivity contribution in [2.75, 3.05) is 6.54 Å². The van der Waals surface area contributed by atoms with E-state index >= 15 is 0 Å². The monoisotopic (exact) mass is 305 g/mol. The molecule has 0 radical (unpaired) electrons. The highest BCUT2D eigenvalue weighted by molar-refractivity contribution is 8.18. The topological polar surface area (TPSA) is 94.9 Å². The van der Waals surface area contributed by atoms with Crippen molar-refractivity contribution in [3.05, 3.63) is 46.9 Å². The lowest BCUT2D eigenvalue weighted by Gasteiger charge is -2.08. The van der Waals surface area contributed by atoms with Crippen LogP contribution < -0.4 is 0 Å². The number of rotatable bonds is 4. The first-order valence-corrected chi connectivity index (χ1v) is 6.73. The van der Waals surface area contributed by atoms with Gasteiger partial charge in [-0.15, -0.1) is 0 Å². The van der Waals surface area contributed by atoms with Crippen molar-refractivity contribution in [3.8, 4) is 5.75 Å². The number of carboxylic acid groups (broad SMARTS) is 1. The highest BCUT2D eigenvalue weighted by Crippen LogP contribution is 2.32. The maximum atomic E-state index is 12.0. The summed E-state index contributed by atoms with van der Waals surface area (Å²) in [7, 11) is 0. The molecule has 1 fully saturated rings. The highest BCUT2D eigenvalue weighted by Gasteiger charge is 2.34. The third kappa shape index (κ3) is 3.73. The number of carbonyl (C=O) groups is 3. The fourth-order valence-electron chi connectivity index (χ4n) is 1.64. The van der Waals surface area contributed by atoms with Crippen molar-refractivity contribution >= 4 is 35.0 Å². The molecule has 21 heavy (non-hydrogen) atoms. The van der Waals surface area contributed by atoms with Crippen molar-refractivity contribution in [1.82, 2.24) is 4.90 Å². The molecule has 108 valence electrons. The molecule has 0 spiro atoms. The summed E-state index contributed by atoms with van der Waals surface area (Å²) in [5, 5.41) is 17.2. The number of amides is 2. The van der Waals surface area contributed by atoms with Crippen LogP contribution in [0, 0.1) is 0 Å². The molecule has 1 aromatic rings. The Kier molecular flexibility index (Phi) is 4.44. The van der Waals surface area contributed by atoms with Crippen LogP contribution >= 0.6 is 11.8 Å². The summed E-state index contributed by atoms with van der Waals surface area (Å²) in [4.78, 5) is 35.4. The van der Waals surface area contributed by atoms with Crippen LogP contribution in [-0.4, -0.2) is 38.8 Å². The van der Waals surface area contributed by atoms with E-state index in [4.69, 9.17) is 5.11 Å². The highest BCUT2D eigenvalue weighted by atomic mass is 32.2. The third-order valence-corrected chi connectivity index (χ3v) is 3.52. The standard InChI is InChI=1S/C14H11NO5S/c16-10-5-3-9(4-6-10)8-11-13(19)15(14(20)21-11)7-1-2-12(17)18/h1-6,8,16H,7H2,(H,17,18)/b2-1+,11-8+. The third-order valence-electron chi connectivity index (χ3n) is 2.61. The molecule has 1 heterocycles. The van der Waals surface area contributed by atoms with Crippen molar-refractivity contribution in [2.24, 2.45) is 0 Å². The summed E-state index contributed by atoms with van der Waals surface area (Å²) in [5.74, 6) is -1.49. The van der Waals surface area contributed by atoms with Crippen LogP contribution in [0.2, 0.25) is 0 Å². The average molecular weight is 305 g/mol. The molecular weight excluding hydrogens is 294 g/mol. The Labute approximate surface area is 124 Å². The molecule has 0 unspecified atom stereocenters. The number of aromatic hydroxyl groups is 1. The number of carboxylic acids is 1. The number of hydrogen-bond donors (Lipinski definition) is 2. The number of phenolic OH excluding ortho intramolecular Hbond substituents is 1. The quantitative estimate of drug-likeness (QED) is 0.827. The van der Waals surface area contributed by atoms with E-state index in [0.717, 1.165) is 22.7 Å². The summed E-state index contributed by atoms with van der Waals surface area (Å²) in [5.41, 5.74) is 0.680. The number of nitrogens with zero attached hydrogens (tertiary/aromatic N) is 1. The molecule has 1 aliphatic heterocycles. The van der Waals surface area contributed by atoms with Crippen molar-refractivity contribution in [1.29, 1.82) is 0 Å². The summed E-state index contributed by atoms with van der Waals surface area (Å²) in [6.45, 7) is -0.0795. The maximum absolute atomic E-state index is 12.0. The normalized spacial score (nSPS) is 17.1. The van der Waals surface area contributed by atoms with Crippen LogP contribution in [0.1, 0.15) is 5.56 Å². The number of aliphatic carboxylic acids is 1. The Balaban J connectivity index is 2.13. The summed E-state index contributed by atoms with van der Waals surface area (Å²) < 4.78 is 0. The number of phenols is 1. The van der Waals surface area contributed by atoms with Crippen LogP contribution in [0.3, 0.4) is 0 Å². The second-order valence-electron chi connectivity index (χ2n) is 4.12. The second kappa shape index (κ2) is 6.27. The van der Waals surface area contributed by atoms with Gasteiger partial charge in [0.05, 0.1) is 4.91 Å². The Hall–Kier alpha value is -2.54. The van der Waals surface area contributed by atoms with Gasteiger partial charge in [-0.1, -0.05) is 18.2 Å². The van der Waals surface area contributed by atoms with Crippen molar-refractivity contribution in [2.45, 2.75) is 0 Å². The average Bonchev–Trinajstić information content (AvgIpc) is 2.68. The zero-order valence-corrected chi connectivity index (χ0v) is 11.5. The van der Waals surface area contributed by atoms with Gasteiger partial charge in [0.2, 0.25) is 0 Å². The molecule has 6 nitrogen and oxygen atoms in total. The predicted octanol–water partition coefficient (Wildman–Crippen LogP) is 2.07. The van der Waals surface area contributed by atoms with E-state index in [1.165, 1.54) is 18.2 Å². The molecule has 0 aliphatic carbocycles. The fraction of sp³-hybridized carbons (Fsp3) is 0.0714. The van der Waals surface area contributed by atoms with Gasteiger partial charge in [0.25, 0.3) is 11.1 Å². The maximum Gasteiger partial charge on any atom is 0.328 e. The zero-order valence-electron chi connectivity index (χ0n) is 10.7. The van der Waals surface area contributed by atoms with Gasteiger partial charge in [-0.3, -0.25) is 14.5 Å². The molecule has 0 atom stereocenters. The summed E-state index contributed by atoms with van der Waals surface area (Å²) in [6, 6.07) is 6.19. The van der Waals surface area contributed by atoms with Crippen LogP contribution in [0.15, 0.2) is 41.3 Å². The lowest BCUT2D eigenvalue weighted by Crippen LogP contribution is -2.28. The molecular formula is C14H11NO5S. The molecule has 0 saturated carbocycles. The van der Waals surface area contributed by atoms with Crippen LogP contribution in [0.5, 0.6) is 5.75 Å². The smallest absolute Gasteiger partial charge is 0.328 e. The van der Waals surface area contributed by atoms with E-state index in [9.17, 15) is 19.5 Å². The van der Waals surface area contributed by atoms with Crippen molar-refractivity contribution in [3.63, 3.8) is 0 Å². The van der Waals surface area contributed by atoms with Gasteiger partial charge in [0.1, 0.15) is 5.75 Å². The SMILES string of the molecule is O=C(O)/C=C/CN1C(=O)S/C(=C/c2ccc(O)cc2)C1=O. The Morgan fingerprint density at radius 2 is 1.90 bits per heavy atom. The molecule has 7 heteroatoms. The van der Waals surface area contributed by atoms with Gasteiger partial charge < -0.3 is 10.2 Å². The fourth-order valence-corrected chi connectivity index (χ4v) is 2.49. The minimum Gasteiger partial charge on any atom is -0.508 e. The lowest BCUT2D eigenvalue weighted by atomic mass is 10.2. The second-order valence-corrected chi connectivity index (χ2v) is 5.12. The predicted molar refractivity (Wildman–Crippen MR) is 77.6 cm³/mol. The molecule has 0 aromatic heterocycles. The molecule has 2 amide bonds. The number of hydrogen-bond acceptors (Lipinski definition) is 5. The zero-order chi connectivity index (χ0) is 15.4. The van der Waals surface area contributed by atoms with Crippen LogP contribution in [-0.2, 0) is 9.59 Å². The minimum atomic E-state index is -1.14. The van der Waals surface area contributed by atoms with Gasteiger partial charge in [-0.05, 0) is 35.5 Å². The first-order chi connectivity index (χ1) is 9.97. The molecule has 2 rings (SSSR count). The van der Waals surface area contributed by atoms with Crippen LogP contribution in [0.25, 0.3) is 6.08 Å². The number of imide groups is 1. The number of benzene rings is 1. The van der Waals surface area contributed by atoms with Crippen LogP contribution in [0.4, 0.5) is 4.79 Å². The lowest BCUT2D eigenvalue weighted by molar-refractivity contribution is -0.131. The first kappa shape index (κ1) is 14.9. The van der Waals surface area contributed by atoms with E-state index in [1.54, 1.807) is 18.2 Å². The summed E-state index contributed by atoms with van der Waals surface area (Å²) >= 11 is 0.794. The van der Waals surface area contributed by atoms with E-state index in [-0.39, 0.29) is 17.2 Å². The molecule has 1 saturated heterocycles. The van der Waals surface area contributed by atoms with E-state index in [0.29, 0.717) is 5.56 Å². The Morgan fingerprint density at radius 3 is 2.52 bits per heavy atom.